The van der Waals surface area contributed by atoms with Crippen molar-refractivity contribution in [3.63, 3.8) is 0 Å². The van der Waals surface area contributed by atoms with Crippen LogP contribution in [0.3, 0.4) is 0 Å². The van der Waals surface area contributed by atoms with Crippen molar-refractivity contribution in [3.05, 3.63) is 20.8 Å². The third kappa shape index (κ3) is 1.53. The molecule has 1 aromatic rings. The van der Waals surface area contributed by atoms with E-state index in [1.807, 2.05) is 6.07 Å². The summed E-state index contributed by atoms with van der Waals surface area (Å²) in [6, 6.07) is 1.98. The first-order chi connectivity index (χ1) is 7.25. The Morgan fingerprint density at radius 3 is 3.20 bits per heavy atom. The van der Waals surface area contributed by atoms with Crippen molar-refractivity contribution in [3.8, 4) is 0 Å². The highest BCUT2D eigenvalue weighted by molar-refractivity contribution is 7.16. The molecule has 1 saturated heterocycles. The molecule has 0 unspecified atom stereocenters. The molecule has 0 aliphatic carbocycles. The van der Waals surface area contributed by atoms with E-state index >= 15 is 0 Å². The molecule has 0 saturated carbocycles. The first kappa shape index (κ1) is 9.82. The van der Waals surface area contributed by atoms with Crippen molar-refractivity contribution < 1.29 is 4.79 Å². The van der Waals surface area contributed by atoms with Gasteiger partial charge in [0.15, 0.2) is 5.78 Å². The Kier molecular flexibility index (Phi) is 2.34. The summed E-state index contributed by atoms with van der Waals surface area (Å²) in [6.45, 7) is 1.98. The number of piperidine rings is 1. The topological polar surface area (TPSA) is 20.3 Å². The van der Waals surface area contributed by atoms with Crippen molar-refractivity contribution in [2.75, 3.05) is 6.54 Å². The molecule has 2 aliphatic heterocycles. The highest BCUT2D eigenvalue weighted by Gasteiger charge is 2.36. The quantitative estimate of drug-likeness (QED) is 0.696. The van der Waals surface area contributed by atoms with Crippen LogP contribution >= 0.6 is 22.9 Å². The van der Waals surface area contributed by atoms with E-state index in [1.165, 1.54) is 12.8 Å². The minimum Gasteiger partial charge on any atom is -0.292 e. The summed E-state index contributed by atoms with van der Waals surface area (Å²) in [7, 11) is 0. The van der Waals surface area contributed by atoms with Crippen molar-refractivity contribution in [2.24, 2.45) is 0 Å². The zero-order valence-corrected chi connectivity index (χ0v) is 9.90. The minimum absolute atomic E-state index is 0.136. The molecule has 0 N–H and O–H groups in total. The van der Waals surface area contributed by atoms with E-state index < -0.39 is 0 Å². The van der Waals surface area contributed by atoms with Crippen molar-refractivity contribution >= 4 is 28.7 Å². The summed E-state index contributed by atoms with van der Waals surface area (Å²) in [5.74, 6) is 0.291. The molecule has 0 radical (unpaired) electrons. The van der Waals surface area contributed by atoms with Gasteiger partial charge in [-0.1, -0.05) is 18.0 Å². The number of carbonyl (C=O) groups excluding carboxylic acids is 1. The van der Waals surface area contributed by atoms with Crippen LogP contribution in [0.25, 0.3) is 0 Å². The molecule has 3 rings (SSSR count). The lowest BCUT2D eigenvalue weighted by molar-refractivity contribution is 0.0691. The van der Waals surface area contributed by atoms with Crippen LogP contribution in [0.5, 0.6) is 0 Å². The molecule has 0 spiro atoms. The fraction of sp³-hybridized carbons (Fsp3) is 0.545. The molecule has 1 fully saturated rings. The molecule has 1 aromatic heterocycles. The van der Waals surface area contributed by atoms with Gasteiger partial charge in [-0.3, -0.25) is 9.69 Å². The Labute approximate surface area is 97.8 Å². The second kappa shape index (κ2) is 3.58. The maximum absolute atomic E-state index is 12.2. The Morgan fingerprint density at radius 2 is 2.33 bits per heavy atom. The van der Waals surface area contributed by atoms with Crippen LogP contribution in [0.15, 0.2) is 6.07 Å². The van der Waals surface area contributed by atoms with Gasteiger partial charge in [-0.05, 0) is 25.5 Å². The van der Waals surface area contributed by atoms with E-state index in [4.69, 9.17) is 11.6 Å². The molecule has 0 bridgehead atoms. The largest absolute Gasteiger partial charge is 0.292 e. The standard InChI is InChI=1S/C11H12ClNOS/c12-10-5-7-9(15-10)6-13-4-2-1-3-8(13)11(7)14/h5,8H,1-4,6H2/t8-/m1/s1. The van der Waals surface area contributed by atoms with Crippen LogP contribution in [-0.4, -0.2) is 23.3 Å². The second-order valence-electron chi connectivity index (χ2n) is 4.23. The van der Waals surface area contributed by atoms with Gasteiger partial charge < -0.3 is 0 Å². The monoisotopic (exact) mass is 241 g/mol. The van der Waals surface area contributed by atoms with Gasteiger partial charge in [-0.15, -0.1) is 11.3 Å². The molecule has 2 nitrogen and oxygen atoms in total. The molecule has 3 heterocycles. The number of rotatable bonds is 0. The number of fused-ring (bicyclic) bond motifs is 2. The molecule has 2 aliphatic rings. The Balaban J connectivity index is 2.01. The van der Waals surface area contributed by atoms with E-state index in [-0.39, 0.29) is 6.04 Å². The SMILES string of the molecule is O=C1c2cc(Cl)sc2CN2CCCC[C@H]12. The number of hydrogen-bond donors (Lipinski definition) is 0. The van der Waals surface area contributed by atoms with Gasteiger partial charge in [-0.2, -0.15) is 0 Å². The van der Waals surface area contributed by atoms with Gasteiger partial charge in [-0.25, -0.2) is 0 Å². The van der Waals surface area contributed by atoms with Gasteiger partial charge in [0.2, 0.25) is 0 Å². The fourth-order valence-electron chi connectivity index (χ4n) is 2.56. The lowest BCUT2D eigenvalue weighted by Crippen LogP contribution is -2.47. The highest BCUT2D eigenvalue weighted by Crippen LogP contribution is 2.35. The lowest BCUT2D eigenvalue weighted by Gasteiger charge is -2.37. The number of halogens is 1. The molecule has 1 atom stereocenters. The van der Waals surface area contributed by atoms with Crippen LogP contribution in [0, 0.1) is 0 Å². The molecule has 0 amide bonds. The van der Waals surface area contributed by atoms with Crippen LogP contribution in [-0.2, 0) is 6.54 Å². The first-order valence-electron chi connectivity index (χ1n) is 5.32. The minimum atomic E-state index is 0.136. The van der Waals surface area contributed by atoms with E-state index in [2.05, 4.69) is 4.90 Å². The zero-order chi connectivity index (χ0) is 10.4. The predicted octanol–water partition coefficient (Wildman–Crippen LogP) is 2.95. The van der Waals surface area contributed by atoms with Crippen LogP contribution in [0.1, 0.15) is 34.5 Å². The smallest absolute Gasteiger partial charge is 0.181 e. The van der Waals surface area contributed by atoms with Gasteiger partial charge in [0, 0.05) is 17.0 Å². The molecular weight excluding hydrogens is 230 g/mol. The van der Waals surface area contributed by atoms with Crippen molar-refractivity contribution in [1.29, 1.82) is 0 Å². The summed E-state index contributed by atoms with van der Waals surface area (Å²) in [4.78, 5) is 15.6. The molecule has 0 aromatic carbocycles. The van der Waals surface area contributed by atoms with Gasteiger partial charge in [0.05, 0.1) is 10.4 Å². The van der Waals surface area contributed by atoms with E-state index in [9.17, 15) is 4.79 Å². The van der Waals surface area contributed by atoms with Crippen LogP contribution in [0.2, 0.25) is 4.34 Å². The molecular formula is C11H12ClNOS. The third-order valence-electron chi connectivity index (χ3n) is 3.31. The second-order valence-corrected chi connectivity index (χ2v) is 6.00. The summed E-state index contributed by atoms with van der Waals surface area (Å²) in [5, 5.41) is 0. The third-order valence-corrected chi connectivity index (χ3v) is 4.56. The average Bonchev–Trinajstić information content (AvgIpc) is 2.59. The van der Waals surface area contributed by atoms with E-state index in [0.29, 0.717) is 5.78 Å². The summed E-state index contributed by atoms with van der Waals surface area (Å²) in [5.41, 5.74) is 0.883. The summed E-state index contributed by atoms with van der Waals surface area (Å²) in [6.07, 6.45) is 3.42. The lowest BCUT2D eigenvalue weighted by atomic mass is 9.91. The molecule has 15 heavy (non-hydrogen) atoms. The number of ketones is 1. The van der Waals surface area contributed by atoms with Crippen LogP contribution < -0.4 is 0 Å². The first-order valence-corrected chi connectivity index (χ1v) is 6.51. The number of carbonyl (C=O) groups is 1. The maximum atomic E-state index is 12.2. The molecule has 4 heteroatoms. The van der Waals surface area contributed by atoms with E-state index in [1.54, 1.807) is 11.3 Å². The Bertz CT molecular complexity index is 415. The normalized spacial score (nSPS) is 26.2. The average molecular weight is 242 g/mol. The number of Topliss-reactive ketones (excluding diaryl/α,β-unsaturated/α-hetero) is 1. The number of thiophene rings is 1. The Hall–Kier alpha value is -0.380. The van der Waals surface area contributed by atoms with Crippen LogP contribution in [0.4, 0.5) is 0 Å². The van der Waals surface area contributed by atoms with Gasteiger partial charge >= 0.3 is 0 Å². The number of hydrogen-bond acceptors (Lipinski definition) is 3. The van der Waals surface area contributed by atoms with Crippen molar-refractivity contribution in [2.45, 2.75) is 31.8 Å². The van der Waals surface area contributed by atoms with E-state index in [0.717, 1.165) is 34.3 Å². The summed E-state index contributed by atoms with van der Waals surface area (Å²) < 4.78 is 0.744. The maximum Gasteiger partial charge on any atom is 0.181 e. The molecule has 80 valence electrons. The van der Waals surface area contributed by atoms with Gasteiger partial charge in [0.1, 0.15) is 0 Å². The summed E-state index contributed by atoms with van der Waals surface area (Å²) >= 11 is 7.51. The zero-order valence-electron chi connectivity index (χ0n) is 8.33. The van der Waals surface area contributed by atoms with Gasteiger partial charge in [0.25, 0.3) is 0 Å². The van der Waals surface area contributed by atoms with Crippen molar-refractivity contribution in [1.82, 2.24) is 4.90 Å². The number of nitrogens with zero attached hydrogens (tertiary/aromatic N) is 1. The predicted molar refractivity (Wildman–Crippen MR) is 61.7 cm³/mol. The Morgan fingerprint density at radius 1 is 1.47 bits per heavy atom. The fourth-order valence-corrected chi connectivity index (χ4v) is 3.86. The highest BCUT2D eigenvalue weighted by atomic mass is 35.5.